The fourth-order valence-corrected chi connectivity index (χ4v) is 3.78. The van der Waals surface area contributed by atoms with Crippen molar-refractivity contribution in [2.75, 3.05) is 0 Å². The largest absolute Gasteiger partial charge is 0.351 e. The Balaban J connectivity index is 2.07. The lowest BCUT2D eigenvalue weighted by atomic mass is 9.72. The maximum Gasteiger partial charge on any atom is 0.240 e. The summed E-state index contributed by atoms with van der Waals surface area (Å²) in [6.07, 6.45) is 10.5. The first-order chi connectivity index (χ1) is 9.50. The number of carbonyl (C=O) groups excluding carboxylic acids is 1. The van der Waals surface area contributed by atoms with Crippen LogP contribution in [0.4, 0.5) is 0 Å². The Hall–Kier alpha value is -1.04. The van der Waals surface area contributed by atoms with Crippen LogP contribution in [0, 0.1) is 22.2 Å². The molecule has 112 valence electrons. The number of carbonyl (C=O) groups is 1. The number of nitriles is 1. The molecule has 0 bridgehead atoms. The number of amides is 1. The molecule has 0 aromatic rings. The van der Waals surface area contributed by atoms with Crippen molar-refractivity contribution in [2.24, 2.45) is 10.8 Å². The minimum Gasteiger partial charge on any atom is -0.351 e. The summed E-state index contributed by atoms with van der Waals surface area (Å²) in [5, 5.41) is 12.8. The first-order valence-electron chi connectivity index (χ1n) is 8.22. The highest BCUT2D eigenvalue weighted by Gasteiger charge is 2.42. The van der Waals surface area contributed by atoms with Crippen LogP contribution < -0.4 is 5.32 Å². The SMILES string of the molecule is CC1(C)CCCCC1NC(=O)C1(C#N)CCCCCC1. The third kappa shape index (κ3) is 3.16. The van der Waals surface area contributed by atoms with Crippen molar-refractivity contribution in [3.05, 3.63) is 0 Å². The molecule has 2 rings (SSSR count). The van der Waals surface area contributed by atoms with Gasteiger partial charge in [0.2, 0.25) is 5.91 Å². The van der Waals surface area contributed by atoms with Gasteiger partial charge in [-0.1, -0.05) is 52.4 Å². The molecule has 0 heterocycles. The molecule has 1 unspecified atom stereocenters. The molecule has 0 aromatic carbocycles. The van der Waals surface area contributed by atoms with E-state index in [1.54, 1.807) is 0 Å². The van der Waals surface area contributed by atoms with Crippen molar-refractivity contribution in [2.45, 2.75) is 84.1 Å². The number of hydrogen-bond donors (Lipinski definition) is 1. The van der Waals surface area contributed by atoms with E-state index < -0.39 is 5.41 Å². The van der Waals surface area contributed by atoms with Crippen molar-refractivity contribution < 1.29 is 4.79 Å². The van der Waals surface area contributed by atoms with Crippen LogP contribution in [0.15, 0.2) is 0 Å². The molecule has 0 aromatic heterocycles. The second kappa shape index (κ2) is 6.16. The van der Waals surface area contributed by atoms with Gasteiger partial charge in [0.15, 0.2) is 0 Å². The lowest BCUT2D eigenvalue weighted by molar-refractivity contribution is -0.130. The first kappa shape index (κ1) is 15.4. The van der Waals surface area contributed by atoms with Gasteiger partial charge in [-0.3, -0.25) is 4.79 Å². The molecule has 2 fully saturated rings. The highest BCUT2D eigenvalue weighted by molar-refractivity contribution is 5.85. The predicted octanol–water partition coefficient (Wildman–Crippen LogP) is 3.94. The Kier molecular flexibility index (Phi) is 4.73. The number of nitrogens with zero attached hydrogens (tertiary/aromatic N) is 1. The molecular formula is C17H28N2O. The lowest BCUT2D eigenvalue weighted by Gasteiger charge is -2.40. The summed E-state index contributed by atoms with van der Waals surface area (Å²) in [6, 6.07) is 2.60. The zero-order valence-corrected chi connectivity index (χ0v) is 13.0. The molecule has 2 aliphatic carbocycles. The van der Waals surface area contributed by atoms with Crippen molar-refractivity contribution in [3.63, 3.8) is 0 Å². The second-order valence-electron chi connectivity index (χ2n) is 7.37. The summed E-state index contributed by atoms with van der Waals surface area (Å²) >= 11 is 0. The van der Waals surface area contributed by atoms with Crippen LogP contribution in [0.2, 0.25) is 0 Å². The summed E-state index contributed by atoms with van der Waals surface area (Å²) in [7, 11) is 0. The average molecular weight is 276 g/mol. The standard InChI is InChI=1S/C17H28N2O/c1-16(2)10-8-5-9-14(16)19-15(20)17(13-18)11-6-3-4-7-12-17/h14H,3-12H2,1-2H3,(H,19,20). The van der Waals surface area contributed by atoms with E-state index in [1.165, 1.54) is 12.8 Å². The molecular weight excluding hydrogens is 248 g/mol. The number of hydrogen-bond acceptors (Lipinski definition) is 2. The van der Waals surface area contributed by atoms with Crippen LogP contribution in [-0.4, -0.2) is 11.9 Å². The molecule has 20 heavy (non-hydrogen) atoms. The van der Waals surface area contributed by atoms with Crippen molar-refractivity contribution in [3.8, 4) is 6.07 Å². The third-order valence-electron chi connectivity index (χ3n) is 5.42. The minimum atomic E-state index is -0.760. The fraction of sp³-hybridized carbons (Fsp3) is 0.882. The molecule has 0 spiro atoms. The van der Waals surface area contributed by atoms with Crippen LogP contribution in [-0.2, 0) is 4.79 Å². The Morgan fingerprint density at radius 2 is 1.65 bits per heavy atom. The second-order valence-corrected chi connectivity index (χ2v) is 7.37. The molecule has 1 amide bonds. The Labute approximate surface area is 123 Å². The van der Waals surface area contributed by atoms with Gasteiger partial charge in [-0.05, 0) is 31.1 Å². The van der Waals surface area contributed by atoms with Gasteiger partial charge in [-0.15, -0.1) is 0 Å². The van der Waals surface area contributed by atoms with Crippen LogP contribution in [0.5, 0.6) is 0 Å². The fourth-order valence-electron chi connectivity index (χ4n) is 3.78. The molecule has 1 N–H and O–H groups in total. The van der Waals surface area contributed by atoms with Gasteiger partial charge in [-0.2, -0.15) is 5.26 Å². The number of rotatable bonds is 2. The number of nitrogens with one attached hydrogen (secondary N) is 1. The lowest BCUT2D eigenvalue weighted by Crippen LogP contribution is -2.51. The quantitative estimate of drug-likeness (QED) is 0.777. The zero-order chi connectivity index (χ0) is 14.6. The molecule has 0 aliphatic heterocycles. The molecule has 3 heteroatoms. The van der Waals surface area contributed by atoms with E-state index in [9.17, 15) is 10.1 Å². The normalized spacial score (nSPS) is 28.9. The van der Waals surface area contributed by atoms with Crippen LogP contribution in [0.1, 0.15) is 78.1 Å². The molecule has 1 atom stereocenters. The summed E-state index contributed by atoms with van der Waals surface area (Å²) in [6.45, 7) is 4.48. The summed E-state index contributed by atoms with van der Waals surface area (Å²) in [5.74, 6) is 0.00174. The third-order valence-corrected chi connectivity index (χ3v) is 5.42. The van der Waals surface area contributed by atoms with Gasteiger partial charge in [0.1, 0.15) is 5.41 Å². The van der Waals surface area contributed by atoms with E-state index in [2.05, 4.69) is 25.2 Å². The van der Waals surface area contributed by atoms with Gasteiger partial charge >= 0.3 is 0 Å². The van der Waals surface area contributed by atoms with Crippen molar-refractivity contribution in [1.29, 1.82) is 5.26 Å². The zero-order valence-electron chi connectivity index (χ0n) is 13.0. The Bertz CT molecular complexity index is 386. The summed E-state index contributed by atoms with van der Waals surface area (Å²) < 4.78 is 0. The smallest absolute Gasteiger partial charge is 0.240 e. The maximum atomic E-state index is 12.7. The average Bonchev–Trinajstić information content (AvgIpc) is 2.67. The molecule has 2 saturated carbocycles. The van der Waals surface area contributed by atoms with E-state index in [0.29, 0.717) is 0 Å². The first-order valence-corrected chi connectivity index (χ1v) is 8.22. The molecule has 0 radical (unpaired) electrons. The molecule has 3 nitrogen and oxygen atoms in total. The summed E-state index contributed by atoms with van der Waals surface area (Å²) in [4.78, 5) is 12.7. The van der Waals surface area contributed by atoms with E-state index >= 15 is 0 Å². The highest BCUT2D eigenvalue weighted by Crippen LogP contribution is 2.38. The van der Waals surface area contributed by atoms with Gasteiger partial charge in [0.05, 0.1) is 6.07 Å². The van der Waals surface area contributed by atoms with E-state index in [0.717, 1.165) is 51.4 Å². The molecule has 0 saturated heterocycles. The minimum absolute atomic E-state index is 0.00174. The monoisotopic (exact) mass is 276 g/mol. The van der Waals surface area contributed by atoms with E-state index in [-0.39, 0.29) is 17.4 Å². The van der Waals surface area contributed by atoms with Gasteiger partial charge in [0.25, 0.3) is 0 Å². The summed E-state index contributed by atoms with van der Waals surface area (Å²) in [5.41, 5.74) is -0.598. The van der Waals surface area contributed by atoms with Gasteiger partial charge < -0.3 is 5.32 Å². The van der Waals surface area contributed by atoms with E-state index in [4.69, 9.17) is 0 Å². The van der Waals surface area contributed by atoms with Crippen LogP contribution in [0.3, 0.4) is 0 Å². The van der Waals surface area contributed by atoms with Crippen LogP contribution in [0.25, 0.3) is 0 Å². The topological polar surface area (TPSA) is 52.9 Å². The van der Waals surface area contributed by atoms with Crippen molar-refractivity contribution >= 4 is 5.91 Å². The Morgan fingerprint density at radius 1 is 1.05 bits per heavy atom. The maximum absolute atomic E-state index is 12.7. The van der Waals surface area contributed by atoms with E-state index in [1.807, 2.05) is 0 Å². The predicted molar refractivity (Wildman–Crippen MR) is 79.9 cm³/mol. The highest BCUT2D eigenvalue weighted by atomic mass is 16.2. The molecule has 2 aliphatic rings. The van der Waals surface area contributed by atoms with Crippen molar-refractivity contribution in [1.82, 2.24) is 5.32 Å². The Morgan fingerprint density at radius 3 is 2.20 bits per heavy atom. The van der Waals surface area contributed by atoms with Gasteiger partial charge in [-0.25, -0.2) is 0 Å². The van der Waals surface area contributed by atoms with Gasteiger partial charge in [0, 0.05) is 6.04 Å². The van der Waals surface area contributed by atoms with Crippen LogP contribution >= 0.6 is 0 Å².